The van der Waals surface area contributed by atoms with E-state index in [1.807, 2.05) is 0 Å². The molecule has 5 nitrogen and oxygen atoms in total. The molecule has 2 aliphatic rings. The van der Waals surface area contributed by atoms with Crippen molar-refractivity contribution in [2.45, 2.75) is 6.10 Å². The summed E-state index contributed by atoms with van der Waals surface area (Å²) in [6.45, 7) is 3.00. The molecule has 0 aromatic heterocycles. The van der Waals surface area contributed by atoms with Crippen molar-refractivity contribution in [2.75, 3.05) is 32.9 Å². The average molecular weight is 272 g/mol. The van der Waals surface area contributed by atoms with Crippen LogP contribution in [0.4, 0.5) is 0 Å². The average Bonchev–Trinajstić information content (AvgIpc) is 2.41. The van der Waals surface area contributed by atoms with E-state index in [0.717, 1.165) is 6.54 Å². The van der Waals surface area contributed by atoms with Crippen LogP contribution in [-0.2, 0) is 4.74 Å². The van der Waals surface area contributed by atoms with Gasteiger partial charge in [0.25, 0.3) is 0 Å². The fourth-order valence-corrected chi connectivity index (χ4v) is 2.48. The van der Waals surface area contributed by atoms with E-state index in [1.54, 1.807) is 0 Å². The Bertz CT molecular complexity index is 460. The lowest BCUT2D eigenvalue weighted by molar-refractivity contribution is 0.0244. The summed E-state index contributed by atoms with van der Waals surface area (Å²) in [7, 11) is 0. The van der Waals surface area contributed by atoms with E-state index < -0.39 is 0 Å². The summed E-state index contributed by atoms with van der Waals surface area (Å²) in [6, 6.07) is 1.48. The van der Waals surface area contributed by atoms with Crippen LogP contribution in [0.2, 0.25) is 5.02 Å². The number of fused-ring (bicyclic) bond motifs is 1. The molecule has 2 heterocycles. The molecule has 1 aromatic carbocycles. The molecule has 2 N–H and O–H groups in total. The summed E-state index contributed by atoms with van der Waals surface area (Å²) in [5.41, 5.74) is 0.665. The van der Waals surface area contributed by atoms with Gasteiger partial charge in [-0.3, -0.25) is 0 Å². The minimum absolute atomic E-state index is 0.00918. The van der Waals surface area contributed by atoms with Gasteiger partial charge in [-0.05, 0) is 0 Å². The molecule has 1 unspecified atom stereocenters. The Hall–Kier alpha value is -1.17. The number of hydrogen-bond acceptors (Lipinski definition) is 5. The predicted octanol–water partition coefficient (Wildman–Crippen LogP) is 1.48. The van der Waals surface area contributed by atoms with Gasteiger partial charge in [-0.1, -0.05) is 11.6 Å². The van der Waals surface area contributed by atoms with E-state index in [1.165, 1.54) is 6.07 Å². The van der Waals surface area contributed by atoms with Gasteiger partial charge in [0, 0.05) is 19.2 Å². The van der Waals surface area contributed by atoms with Gasteiger partial charge in [0.15, 0.2) is 11.5 Å². The monoisotopic (exact) mass is 271 g/mol. The van der Waals surface area contributed by atoms with Crippen LogP contribution in [-0.4, -0.2) is 38.0 Å². The summed E-state index contributed by atoms with van der Waals surface area (Å²) in [4.78, 5) is 0. The lowest BCUT2D eigenvalue weighted by atomic mass is 10.1. The Morgan fingerprint density at radius 2 is 2.11 bits per heavy atom. The molecule has 2 aliphatic heterocycles. The summed E-state index contributed by atoms with van der Waals surface area (Å²) in [5, 5.41) is 13.3. The quantitative estimate of drug-likeness (QED) is 0.810. The van der Waals surface area contributed by atoms with Gasteiger partial charge in [-0.15, -0.1) is 0 Å². The van der Waals surface area contributed by atoms with Crippen molar-refractivity contribution >= 4 is 11.6 Å². The topological polar surface area (TPSA) is 60.0 Å². The zero-order valence-corrected chi connectivity index (χ0v) is 10.5. The molecule has 3 rings (SSSR count). The Labute approximate surface area is 110 Å². The number of nitrogens with one attached hydrogen (secondary N) is 1. The molecule has 1 saturated heterocycles. The summed E-state index contributed by atoms with van der Waals surface area (Å²) < 4.78 is 16.8. The van der Waals surface area contributed by atoms with Crippen LogP contribution >= 0.6 is 11.6 Å². The number of halogens is 1. The Kier molecular flexibility index (Phi) is 3.20. The van der Waals surface area contributed by atoms with Crippen molar-refractivity contribution in [1.29, 1.82) is 0 Å². The molecular weight excluding hydrogens is 258 g/mol. The number of phenolic OH excluding ortho intramolecular Hbond substituents is 1. The smallest absolute Gasteiger partial charge is 0.168 e. The van der Waals surface area contributed by atoms with E-state index in [4.69, 9.17) is 25.8 Å². The van der Waals surface area contributed by atoms with Crippen LogP contribution in [0.5, 0.6) is 17.2 Å². The Balaban J connectivity index is 2.07. The maximum absolute atomic E-state index is 9.84. The lowest BCUT2D eigenvalue weighted by Gasteiger charge is -2.29. The van der Waals surface area contributed by atoms with Gasteiger partial charge in [-0.2, -0.15) is 0 Å². The first kappa shape index (κ1) is 11.9. The third-order valence-electron chi connectivity index (χ3n) is 3.03. The summed E-state index contributed by atoms with van der Waals surface area (Å²) >= 11 is 6.17. The van der Waals surface area contributed by atoms with Crippen LogP contribution < -0.4 is 14.8 Å². The number of aromatic hydroxyl groups is 1. The first-order chi connectivity index (χ1) is 8.77. The summed E-state index contributed by atoms with van der Waals surface area (Å²) in [6.07, 6.45) is -0.228. The highest BCUT2D eigenvalue weighted by atomic mass is 35.5. The molecule has 6 heteroatoms. The molecule has 0 amide bonds. The number of morpholine rings is 1. The lowest BCUT2D eigenvalue weighted by Crippen LogP contribution is -2.34. The van der Waals surface area contributed by atoms with Gasteiger partial charge in [0.1, 0.15) is 25.1 Å². The van der Waals surface area contributed by atoms with Crippen LogP contribution in [0.25, 0.3) is 0 Å². The van der Waals surface area contributed by atoms with Gasteiger partial charge in [-0.25, -0.2) is 0 Å². The van der Waals surface area contributed by atoms with Crippen LogP contribution in [0.1, 0.15) is 11.7 Å². The van der Waals surface area contributed by atoms with Crippen LogP contribution in [0.3, 0.4) is 0 Å². The third-order valence-corrected chi connectivity index (χ3v) is 3.43. The minimum atomic E-state index is -0.228. The summed E-state index contributed by atoms with van der Waals surface area (Å²) in [5.74, 6) is 1.09. The van der Waals surface area contributed by atoms with Crippen molar-refractivity contribution in [3.8, 4) is 17.2 Å². The largest absolute Gasteiger partial charge is 0.506 e. The van der Waals surface area contributed by atoms with E-state index in [9.17, 15) is 5.11 Å². The molecular formula is C12H14ClNO4. The van der Waals surface area contributed by atoms with Crippen molar-refractivity contribution in [3.05, 3.63) is 16.7 Å². The van der Waals surface area contributed by atoms with Crippen LogP contribution in [0.15, 0.2) is 6.07 Å². The standard InChI is InChI=1S/C12H14ClNO4/c13-11-7(15)5-8-12(18-4-3-17-8)10(11)9-6-14-1-2-16-9/h5,9,14-15H,1-4,6H2. The van der Waals surface area contributed by atoms with Gasteiger partial charge < -0.3 is 24.6 Å². The van der Waals surface area contributed by atoms with Crippen molar-refractivity contribution in [3.63, 3.8) is 0 Å². The normalized spacial score (nSPS) is 22.8. The molecule has 1 aromatic rings. The number of benzene rings is 1. The van der Waals surface area contributed by atoms with Crippen molar-refractivity contribution in [1.82, 2.24) is 5.32 Å². The highest BCUT2D eigenvalue weighted by Gasteiger charge is 2.29. The molecule has 0 radical (unpaired) electrons. The first-order valence-corrected chi connectivity index (χ1v) is 6.28. The van der Waals surface area contributed by atoms with E-state index >= 15 is 0 Å². The molecule has 98 valence electrons. The molecule has 18 heavy (non-hydrogen) atoms. The second-order valence-electron chi connectivity index (χ2n) is 4.21. The Morgan fingerprint density at radius 3 is 2.89 bits per heavy atom. The number of phenols is 1. The second-order valence-corrected chi connectivity index (χ2v) is 4.59. The van der Waals surface area contributed by atoms with Crippen molar-refractivity contribution in [2.24, 2.45) is 0 Å². The minimum Gasteiger partial charge on any atom is -0.506 e. The molecule has 0 aliphatic carbocycles. The first-order valence-electron chi connectivity index (χ1n) is 5.90. The van der Waals surface area contributed by atoms with Gasteiger partial charge in [0.2, 0.25) is 0 Å². The maximum Gasteiger partial charge on any atom is 0.168 e. The zero-order chi connectivity index (χ0) is 12.5. The predicted molar refractivity (Wildman–Crippen MR) is 65.7 cm³/mol. The van der Waals surface area contributed by atoms with Crippen molar-refractivity contribution < 1.29 is 19.3 Å². The molecule has 1 atom stereocenters. The highest BCUT2D eigenvalue weighted by Crippen LogP contribution is 2.47. The van der Waals surface area contributed by atoms with Gasteiger partial charge in [0.05, 0.1) is 17.2 Å². The third kappa shape index (κ3) is 1.98. The van der Waals surface area contributed by atoms with E-state index in [2.05, 4.69) is 5.32 Å². The number of ether oxygens (including phenoxy) is 3. The number of hydrogen-bond donors (Lipinski definition) is 2. The molecule has 0 saturated carbocycles. The Morgan fingerprint density at radius 1 is 1.28 bits per heavy atom. The van der Waals surface area contributed by atoms with E-state index in [0.29, 0.717) is 43.4 Å². The molecule has 1 fully saturated rings. The number of rotatable bonds is 1. The van der Waals surface area contributed by atoms with E-state index in [-0.39, 0.29) is 16.9 Å². The second kappa shape index (κ2) is 4.84. The zero-order valence-electron chi connectivity index (χ0n) is 9.74. The highest BCUT2D eigenvalue weighted by molar-refractivity contribution is 6.33. The molecule has 0 bridgehead atoms. The molecule has 0 spiro atoms. The van der Waals surface area contributed by atoms with Crippen LogP contribution in [0, 0.1) is 0 Å². The van der Waals surface area contributed by atoms with Gasteiger partial charge >= 0.3 is 0 Å². The SMILES string of the molecule is Oc1cc2c(c(C3CNCCO3)c1Cl)OCCO2. The fraction of sp³-hybridized carbons (Fsp3) is 0.500. The fourth-order valence-electron chi connectivity index (χ4n) is 2.21. The maximum atomic E-state index is 9.84.